The number of esters is 1. The van der Waals surface area contributed by atoms with Crippen LogP contribution in [0.25, 0.3) is 0 Å². The van der Waals surface area contributed by atoms with Gasteiger partial charge in [0.25, 0.3) is 0 Å². The maximum absolute atomic E-state index is 11.3. The largest absolute Gasteiger partial charge is 0.466 e. The van der Waals surface area contributed by atoms with E-state index in [1.807, 2.05) is 0 Å². The third-order valence-corrected chi connectivity index (χ3v) is 3.91. The van der Waals surface area contributed by atoms with Gasteiger partial charge in [0, 0.05) is 6.08 Å². The van der Waals surface area contributed by atoms with Gasteiger partial charge >= 0.3 is 5.97 Å². The number of methoxy groups -OCH3 is 1. The molecule has 0 aromatic heterocycles. The number of hydrogen-bond donors (Lipinski definition) is 0. The van der Waals surface area contributed by atoms with Gasteiger partial charge in [-0.2, -0.15) is 0 Å². The van der Waals surface area contributed by atoms with E-state index in [2.05, 4.69) is 27.7 Å². The number of allylic oxidation sites excluding steroid dienone is 1. The highest BCUT2D eigenvalue weighted by Crippen LogP contribution is 2.57. The van der Waals surface area contributed by atoms with Crippen molar-refractivity contribution in [2.75, 3.05) is 7.11 Å². The van der Waals surface area contributed by atoms with E-state index in [0.29, 0.717) is 11.8 Å². The maximum atomic E-state index is 11.3. The predicted molar refractivity (Wildman–Crippen MR) is 61.4 cm³/mol. The topological polar surface area (TPSA) is 26.3 Å². The lowest BCUT2D eigenvalue weighted by molar-refractivity contribution is -0.135. The highest BCUT2D eigenvalue weighted by molar-refractivity contribution is 5.83. The summed E-state index contributed by atoms with van der Waals surface area (Å²) in [6.07, 6.45) is 4.00. The molecule has 0 unspecified atom stereocenters. The molecule has 1 fully saturated rings. The number of rotatable bonds is 3. The summed E-state index contributed by atoms with van der Waals surface area (Å²) in [4.78, 5) is 11.3. The van der Waals surface area contributed by atoms with E-state index in [9.17, 15) is 4.79 Å². The van der Waals surface area contributed by atoms with Gasteiger partial charge in [0.2, 0.25) is 0 Å². The van der Waals surface area contributed by atoms with Crippen LogP contribution in [-0.2, 0) is 9.53 Å². The van der Waals surface area contributed by atoms with Crippen LogP contribution in [0.3, 0.4) is 0 Å². The summed E-state index contributed by atoms with van der Waals surface area (Å²) in [6, 6.07) is 0. The molecule has 0 aromatic carbocycles. The Morgan fingerprint density at radius 1 is 1.40 bits per heavy atom. The van der Waals surface area contributed by atoms with E-state index in [4.69, 9.17) is 4.74 Å². The Morgan fingerprint density at radius 2 is 2.00 bits per heavy atom. The van der Waals surface area contributed by atoms with Gasteiger partial charge in [-0.15, -0.1) is 0 Å². The van der Waals surface area contributed by atoms with Crippen LogP contribution in [0.5, 0.6) is 0 Å². The van der Waals surface area contributed by atoms with Crippen molar-refractivity contribution < 1.29 is 9.53 Å². The minimum atomic E-state index is -0.217. The van der Waals surface area contributed by atoms with Crippen LogP contribution in [-0.4, -0.2) is 13.1 Å². The van der Waals surface area contributed by atoms with Gasteiger partial charge in [-0.05, 0) is 23.7 Å². The fraction of sp³-hybridized carbons (Fsp3) is 0.769. The zero-order chi connectivity index (χ0) is 11.6. The van der Waals surface area contributed by atoms with E-state index >= 15 is 0 Å². The highest BCUT2D eigenvalue weighted by atomic mass is 16.5. The Balaban J connectivity index is 2.89. The summed E-state index contributed by atoms with van der Waals surface area (Å²) in [6.45, 7) is 8.86. The lowest BCUT2D eigenvalue weighted by atomic mass is 9.50. The van der Waals surface area contributed by atoms with Gasteiger partial charge in [-0.25, -0.2) is 4.79 Å². The Labute approximate surface area is 92.7 Å². The van der Waals surface area contributed by atoms with Gasteiger partial charge in [0.1, 0.15) is 0 Å². The maximum Gasteiger partial charge on any atom is 0.330 e. The molecule has 0 bridgehead atoms. The van der Waals surface area contributed by atoms with Crippen molar-refractivity contribution in [2.24, 2.45) is 17.3 Å². The minimum absolute atomic E-state index is 0.170. The summed E-state index contributed by atoms with van der Waals surface area (Å²) in [7, 11) is 1.43. The average Bonchev–Trinajstić information content (AvgIpc) is 2.21. The third kappa shape index (κ3) is 1.95. The smallest absolute Gasteiger partial charge is 0.330 e. The molecule has 0 spiro atoms. The van der Waals surface area contributed by atoms with Crippen molar-refractivity contribution in [3.05, 3.63) is 11.6 Å². The van der Waals surface area contributed by atoms with Gasteiger partial charge in [0.05, 0.1) is 7.11 Å². The van der Waals surface area contributed by atoms with Crippen molar-refractivity contribution >= 4 is 5.97 Å². The molecule has 1 rings (SSSR count). The first-order chi connectivity index (χ1) is 6.98. The summed E-state index contributed by atoms with van der Waals surface area (Å²) in [5.74, 6) is 1.06. The molecule has 1 aliphatic rings. The summed E-state index contributed by atoms with van der Waals surface area (Å²) < 4.78 is 4.70. The molecular weight excluding hydrogens is 188 g/mol. The summed E-state index contributed by atoms with van der Waals surface area (Å²) in [5, 5.41) is 0. The SMILES string of the molecule is CC[C@H]1/C(=C/C(=O)OC)C(C)(C)[C@H]1CC. The molecular formula is C13H22O2. The Kier molecular flexibility index (Phi) is 3.58. The molecule has 0 aromatic rings. The second kappa shape index (κ2) is 4.38. The number of ether oxygens (including phenoxy) is 1. The van der Waals surface area contributed by atoms with Gasteiger partial charge in [-0.3, -0.25) is 0 Å². The standard InChI is InChI=1S/C13H22O2/c1-6-9-10(7-2)13(3,4)11(9)8-12(14)15-5/h8-10H,6-7H2,1-5H3/b11-8-/t9-,10+/m1/s1. The molecule has 2 nitrogen and oxygen atoms in total. The molecule has 86 valence electrons. The second-order valence-corrected chi connectivity index (χ2v) is 4.87. The summed E-state index contributed by atoms with van der Waals surface area (Å²) in [5.41, 5.74) is 1.44. The molecule has 0 saturated heterocycles. The number of carbonyl (C=O) groups is 1. The normalized spacial score (nSPS) is 31.1. The van der Waals surface area contributed by atoms with Crippen molar-refractivity contribution in [3.8, 4) is 0 Å². The van der Waals surface area contributed by atoms with Crippen LogP contribution in [0.15, 0.2) is 11.6 Å². The molecule has 0 aliphatic heterocycles. The zero-order valence-electron chi connectivity index (χ0n) is 10.5. The molecule has 0 amide bonds. The lowest BCUT2D eigenvalue weighted by Gasteiger charge is -2.54. The summed E-state index contributed by atoms with van der Waals surface area (Å²) >= 11 is 0. The van der Waals surface area contributed by atoms with Gasteiger partial charge in [-0.1, -0.05) is 39.7 Å². The fourth-order valence-electron chi connectivity index (χ4n) is 3.09. The van der Waals surface area contributed by atoms with E-state index in [0.717, 1.165) is 6.42 Å². The Hall–Kier alpha value is -0.790. The zero-order valence-corrected chi connectivity index (χ0v) is 10.5. The van der Waals surface area contributed by atoms with Crippen LogP contribution in [0, 0.1) is 17.3 Å². The molecule has 0 heterocycles. The quantitative estimate of drug-likeness (QED) is 0.528. The van der Waals surface area contributed by atoms with Crippen molar-refractivity contribution in [1.82, 2.24) is 0 Å². The van der Waals surface area contributed by atoms with Gasteiger partial charge < -0.3 is 4.74 Å². The van der Waals surface area contributed by atoms with E-state index in [1.54, 1.807) is 6.08 Å². The first-order valence-electron chi connectivity index (χ1n) is 5.79. The monoisotopic (exact) mass is 210 g/mol. The van der Waals surface area contributed by atoms with Crippen LogP contribution in [0.1, 0.15) is 40.5 Å². The first-order valence-corrected chi connectivity index (χ1v) is 5.79. The number of carbonyl (C=O) groups excluding carboxylic acids is 1. The molecule has 1 saturated carbocycles. The number of hydrogen-bond acceptors (Lipinski definition) is 2. The molecule has 15 heavy (non-hydrogen) atoms. The molecule has 2 heteroatoms. The van der Waals surface area contributed by atoms with Crippen molar-refractivity contribution in [2.45, 2.75) is 40.5 Å². The van der Waals surface area contributed by atoms with Gasteiger partial charge in [0.15, 0.2) is 0 Å². The molecule has 0 radical (unpaired) electrons. The van der Waals surface area contributed by atoms with E-state index in [1.165, 1.54) is 19.1 Å². The molecule has 2 atom stereocenters. The third-order valence-electron chi connectivity index (χ3n) is 3.91. The van der Waals surface area contributed by atoms with Crippen LogP contribution in [0.2, 0.25) is 0 Å². The molecule has 0 N–H and O–H groups in total. The van der Waals surface area contributed by atoms with Crippen LogP contribution >= 0.6 is 0 Å². The second-order valence-electron chi connectivity index (χ2n) is 4.87. The first kappa shape index (κ1) is 12.3. The average molecular weight is 210 g/mol. The van der Waals surface area contributed by atoms with E-state index < -0.39 is 0 Å². The predicted octanol–water partition coefficient (Wildman–Crippen LogP) is 3.18. The van der Waals surface area contributed by atoms with Crippen LogP contribution < -0.4 is 0 Å². The highest BCUT2D eigenvalue weighted by Gasteiger charge is 2.49. The van der Waals surface area contributed by atoms with E-state index in [-0.39, 0.29) is 11.4 Å². The fourth-order valence-corrected chi connectivity index (χ4v) is 3.09. The Bertz CT molecular complexity index is 276. The molecule has 1 aliphatic carbocycles. The Morgan fingerprint density at radius 3 is 2.40 bits per heavy atom. The van der Waals surface area contributed by atoms with Crippen molar-refractivity contribution in [1.29, 1.82) is 0 Å². The minimum Gasteiger partial charge on any atom is -0.466 e. The van der Waals surface area contributed by atoms with Crippen LogP contribution in [0.4, 0.5) is 0 Å². The lowest BCUT2D eigenvalue weighted by Crippen LogP contribution is -2.46. The van der Waals surface area contributed by atoms with Crippen molar-refractivity contribution in [3.63, 3.8) is 0 Å².